The van der Waals surface area contributed by atoms with Crippen molar-refractivity contribution in [3.05, 3.63) is 77.1 Å². The first-order chi connectivity index (χ1) is 14.2. The maximum Gasteiger partial charge on any atom is 0.108 e. The van der Waals surface area contributed by atoms with Crippen LogP contribution in [0.4, 0.5) is 0 Å². The zero-order valence-corrected chi connectivity index (χ0v) is 16.6. The molecule has 2 aromatic carbocycles. The molecule has 2 heterocycles. The Bertz CT molecular complexity index is 1100. The van der Waals surface area contributed by atoms with Crippen LogP contribution in [-0.2, 0) is 24.5 Å². The van der Waals surface area contributed by atoms with Crippen LogP contribution in [0.2, 0.25) is 5.02 Å². The van der Waals surface area contributed by atoms with Crippen molar-refractivity contribution in [3.8, 4) is 11.3 Å². The van der Waals surface area contributed by atoms with E-state index in [9.17, 15) is 0 Å². The predicted molar refractivity (Wildman–Crippen MR) is 112 cm³/mol. The SMILES string of the molecule is OCCCn1cc(COCc2cc(-c3ccc(Cl)cc3)nc3ccccc23)nn1. The Balaban J connectivity index is 1.53. The minimum Gasteiger partial charge on any atom is -0.396 e. The molecule has 2 aromatic heterocycles. The van der Waals surface area contributed by atoms with Gasteiger partial charge in [-0.3, -0.25) is 4.68 Å². The average molecular weight is 409 g/mol. The number of para-hydroxylation sites is 1. The first kappa shape index (κ1) is 19.5. The molecule has 148 valence electrons. The van der Waals surface area contributed by atoms with Gasteiger partial charge in [-0.1, -0.05) is 47.1 Å². The number of aliphatic hydroxyl groups is 1. The van der Waals surface area contributed by atoms with E-state index in [1.165, 1.54) is 0 Å². The van der Waals surface area contributed by atoms with Gasteiger partial charge in [-0.05, 0) is 36.2 Å². The Hall–Kier alpha value is -2.80. The van der Waals surface area contributed by atoms with E-state index in [0.29, 0.717) is 31.2 Å². The highest BCUT2D eigenvalue weighted by Gasteiger charge is 2.09. The number of nitrogens with zero attached hydrogens (tertiary/aromatic N) is 4. The molecule has 0 radical (unpaired) electrons. The molecule has 0 aliphatic rings. The number of aliphatic hydroxyl groups excluding tert-OH is 1. The molecule has 0 unspecified atom stereocenters. The molecular formula is C22H21ClN4O2. The summed E-state index contributed by atoms with van der Waals surface area (Å²) >= 11 is 6.02. The second-order valence-electron chi connectivity index (χ2n) is 6.73. The van der Waals surface area contributed by atoms with Crippen molar-refractivity contribution in [3.63, 3.8) is 0 Å². The highest BCUT2D eigenvalue weighted by molar-refractivity contribution is 6.30. The Morgan fingerprint density at radius 2 is 1.86 bits per heavy atom. The number of aryl methyl sites for hydroxylation is 1. The Morgan fingerprint density at radius 1 is 1.03 bits per heavy atom. The number of fused-ring (bicyclic) bond motifs is 1. The number of pyridine rings is 1. The van der Waals surface area contributed by atoms with E-state index in [0.717, 1.165) is 33.4 Å². The summed E-state index contributed by atoms with van der Waals surface area (Å²) in [6.07, 6.45) is 2.50. The number of benzene rings is 2. The van der Waals surface area contributed by atoms with Gasteiger partial charge in [-0.25, -0.2) is 4.98 Å². The van der Waals surface area contributed by atoms with Crippen molar-refractivity contribution in [1.82, 2.24) is 20.0 Å². The van der Waals surface area contributed by atoms with E-state index < -0.39 is 0 Å². The van der Waals surface area contributed by atoms with Crippen LogP contribution in [0.15, 0.2) is 60.8 Å². The van der Waals surface area contributed by atoms with Crippen molar-refractivity contribution in [2.45, 2.75) is 26.2 Å². The van der Waals surface area contributed by atoms with Crippen molar-refractivity contribution in [1.29, 1.82) is 0 Å². The fourth-order valence-electron chi connectivity index (χ4n) is 3.15. The lowest BCUT2D eigenvalue weighted by Crippen LogP contribution is -2.00. The zero-order chi connectivity index (χ0) is 20.1. The van der Waals surface area contributed by atoms with Crippen LogP contribution in [0, 0.1) is 0 Å². The molecule has 0 saturated heterocycles. The Kier molecular flexibility index (Phi) is 6.14. The van der Waals surface area contributed by atoms with Gasteiger partial charge in [-0.2, -0.15) is 0 Å². The maximum absolute atomic E-state index is 8.91. The molecule has 1 N–H and O–H groups in total. The van der Waals surface area contributed by atoms with Gasteiger partial charge in [0.05, 0.1) is 30.6 Å². The predicted octanol–water partition coefficient (Wildman–Crippen LogP) is 4.25. The van der Waals surface area contributed by atoms with E-state index in [-0.39, 0.29) is 6.61 Å². The van der Waals surface area contributed by atoms with E-state index in [1.54, 1.807) is 4.68 Å². The minimum atomic E-state index is 0.136. The van der Waals surface area contributed by atoms with Gasteiger partial charge >= 0.3 is 0 Å². The van der Waals surface area contributed by atoms with Crippen molar-refractivity contribution in [2.75, 3.05) is 6.61 Å². The Morgan fingerprint density at radius 3 is 2.69 bits per heavy atom. The fourth-order valence-corrected chi connectivity index (χ4v) is 3.27. The lowest BCUT2D eigenvalue weighted by molar-refractivity contribution is 0.105. The third-order valence-corrected chi connectivity index (χ3v) is 4.83. The lowest BCUT2D eigenvalue weighted by atomic mass is 10.0. The van der Waals surface area contributed by atoms with Crippen molar-refractivity contribution >= 4 is 22.5 Å². The van der Waals surface area contributed by atoms with Gasteiger partial charge in [0.15, 0.2) is 0 Å². The van der Waals surface area contributed by atoms with E-state index in [1.807, 2.05) is 48.7 Å². The van der Waals surface area contributed by atoms with Gasteiger partial charge in [0.25, 0.3) is 0 Å². The van der Waals surface area contributed by atoms with Crippen LogP contribution in [0.3, 0.4) is 0 Å². The van der Waals surface area contributed by atoms with Crippen LogP contribution in [0.5, 0.6) is 0 Å². The summed E-state index contributed by atoms with van der Waals surface area (Å²) in [6, 6.07) is 17.8. The molecule has 4 aromatic rings. The number of aromatic nitrogens is 4. The molecule has 6 nitrogen and oxygen atoms in total. The van der Waals surface area contributed by atoms with Gasteiger partial charge in [-0.15, -0.1) is 5.10 Å². The highest BCUT2D eigenvalue weighted by Crippen LogP contribution is 2.26. The van der Waals surface area contributed by atoms with Crippen LogP contribution >= 0.6 is 11.6 Å². The molecule has 0 spiro atoms. The second kappa shape index (κ2) is 9.13. The number of halogens is 1. The van der Waals surface area contributed by atoms with Gasteiger partial charge < -0.3 is 9.84 Å². The molecule has 4 rings (SSSR count). The third-order valence-electron chi connectivity index (χ3n) is 4.58. The zero-order valence-electron chi connectivity index (χ0n) is 15.8. The first-order valence-electron chi connectivity index (χ1n) is 9.45. The average Bonchev–Trinajstić information content (AvgIpc) is 3.20. The normalized spacial score (nSPS) is 11.2. The fraction of sp³-hybridized carbons (Fsp3) is 0.227. The second-order valence-corrected chi connectivity index (χ2v) is 7.17. The third kappa shape index (κ3) is 4.79. The first-order valence-corrected chi connectivity index (χ1v) is 9.83. The lowest BCUT2D eigenvalue weighted by Gasteiger charge is -2.10. The van der Waals surface area contributed by atoms with Gasteiger partial charge in [0.2, 0.25) is 0 Å². The van der Waals surface area contributed by atoms with Crippen LogP contribution in [0.25, 0.3) is 22.2 Å². The van der Waals surface area contributed by atoms with Gasteiger partial charge in [0, 0.05) is 29.1 Å². The monoisotopic (exact) mass is 408 g/mol. The summed E-state index contributed by atoms with van der Waals surface area (Å²) < 4.78 is 7.65. The molecule has 0 aliphatic carbocycles. The van der Waals surface area contributed by atoms with Crippen molar-refractivity contribution in [2.24, 2.45) is 0 Å². The molecule has 0 fully saturated rings. The molecule has 0 saturated carbocycles. The van der Waals surface area contributed by atoms with E-state index >= 15 is 0 Å². The Labute approximate surface area is 173 Å². The summed E-state index contributed by atoms with van der Waals surface area (Å²) in [5.74, 6) is 0. The smallest absolute Gasteiger partial charge is 0.108 e. The van der Waals surface area contributed by atoms with Crippen LogP contribution in [-0.4, -0.2) is 31.7 Å². The van der Waals surface area contributed by atoms with E-state index in [2.05, 4.69) is 22.4 Å². The van der Waals surface area contributed by atoms with Crippen molar-refractivity contribution < 1.29 is 9.84 Å². The topological polar surface area (TPSA) is 73.1 Å². The number of hydrogen-bond acceptors (Lipinski definition) is 5. The summed E-state index contributed by atoms with van der Waals surface area (Å²) in [5.41, 5.74) is 4.64. The summed E-state index contributed by atoms with van der Waals surface area (Å²) in [5, 5.41) is 18.8. The number of ether oxygens (including phenoxy) is 1. The van der Waals surface area contributed by atoms with E-state index in [4.69, 9.17) is 26.4 Å². The molecule has 0 atom stereocenters. The maximum atomic E-state index is 8.91. The molecule has 29 heavy (non-hydrogen) atoms. The van der Waals surface area contributed by atoms with Crippen LogP contribution < -0.4 is 0 Å². The van der Waals surface area contributed by atoms with Gasteiger partial charge in [0.1, 0.15) is 5.69 Å². The summed E-state index contributed by atoms with van der Waals surface area (Å²) in [7, 11) is 0. The largest absolute Gasteiger partial charge is 0.396 e. The molecule has 0 amide bonds. The molecule has 0 bridgehead atoms. The molecule has 0 aliphatic heterocycles. The number of rotatable bonds is 8. The summed E-state index contributed by atoms with van der Waals surface area (Å²) in [4.78, 5) is 4.79. The highest BCUT2D eigenvalue weighted by atomic mass is 35.5. The summed E-state index contributed by atoms with van der Waals surface area (Å²) in [6.45, 7) is 1.58. The quantitative estimate of drug-likeness (QED) is 0.472. The number of hydrogen-bond donors (Lipinski definition) is 1. The molecular weight excluding hydrogens is 388 g/mol. The van der Waals surface area contributed by atoms with Crippen LogP contribution in [0.1, 0.15) is 17.7 Å². The standard InChI is InChI=1S/C22H21ClN4O2/c23-18-8-6-16(7-9-18)22-12-17(20-4-1-2-5-21(20)24-22)14-29-15-19-13-27(26-25-19)10-3-11-28/h1-2,4-9,12-13,28H,3,10-11,14-15H2. The molecule has 7 heteroatoms. The minimum absolute atomic E-state index is 0.136.